The van der Waals surface area contributed by atoms with Crippen molar-refractivity contribution in [3.05, 3.63) is 35.4 Å². The number of halogens is 2. The molecular weight excluding hydrogens is 310 g/mol. The van der Waals surface area contributed by atoms with Crippen molar-refractivity contribution < 1.29 is 27.9 Å². The fraction of sp³-hybridized carbons (Fsp3) is 0.400. The van der Waals surface area contributed by atoms with Crippen molar-refractivity contribution in [2.75, 3.05) is 7.11 Å². The molecule has 23 heavy (non-hydrogen) atoms. The van der Waals surface area contributed by atoms with Gasteiger partial charge in [0.2, 0.25) is 6.10 Å². The summed E-state index contributed by atoms with van der Waals surface area (Å²) in [6.45, 7) is 2.92. The molecule has 6 nitrogen and oxygen atoms in total. The van der Waals surface area contributed by atoms with E-state index in [-0.39, 0.29) is 17.7 Å². The van der Waals surface area contributed by atoms with E-state index in [2.05, 4.69) is 15.2 Å². The normalized spacial score (nSPS) is 17.3. The van der Waals surface area contributed by atoms with Crippen molar-refractivity contribution in [3.63, 3.8) is 0 Å². The molecule has 0 aromatic heterocycles. The maximum Gasteiger partial charge on any atom is 0.330 e. The number of rotatable bonds is 4. The largest absolute Gasteiger partial charge is 0.467 e. The Balaban J connectivity index is 2.07. The smallest absolute Gasteiger partial charge is 0.330 e. The van der Waals surface area contributed by atoms with E-state index in [1.807, 2.05) is 0 Å². The lowest BCUT2D eigenvalue weighted by molar-refractivity contribution is -0.151. The van der Waals surface area contributed by atoms with Crippen molar-refractivity contribution in [2.45, 2.75) is 31.9 Å². The van der Waals surface area contributed by atoms with Crippen molar-refractivity contribution in [1.82, 2.24) is 5.32 Å². The Morgan fingerprint density at radius 3 is 2.52 bits per heavy atom. The van der Waals surface area contributed by atoms with E-state index in [1.165, 1.54) is 27.0 Å². The van der Waals surface area contributed by atoms with Crippen LogP contribution in [0.15, 0.2) is 23.4 Å². The van der Waals surface area contributed by atoms with Gasteiger partial charge in [-0.05, 0) is 26.0 Å². The molecule has 8 heteroatoms. The van der Waals surface area contributed by atoms with Gasteiger partial charge in [0.05, 0.1) is 18.4 Å². The van der Waals surface area contributed by atoms with Crippen LogP contribution in [0.5, 0.6) is 0 Å². The third-order valence-corrected chi connectivity index (χ3v) is 3.34. The van der Waals surface area contributed by atoms with Crippen LogP contribution >= 0.6 is 0 Å². The summed E-state index contributed by atoms with van der Waals surface area (Å²) in [4.78, 5) is 28.6. The summed E-state index contributed by atoms with van der Waals surface area (Å²) in [7, 11) is 1.20. The third-order valence-electron chi connectivity index (χ3n) is 3.34. The van der Waals surface area contributed by atoms with Gasteiger partial charge in [-0.1, -0.05) is 11.2 Å². The molecule has 1 aliphatic heterocycles. The number of amides is 1. The minimum atomic E-state index is -1.26. The summed E-state index contributed by atoms with van der Waals surface area (Å²) in [5.74, 6) is -2.84. The van der Waals surface area contributed by atoms with Crippen LogP contribution in [-0.4, -0.2) is 36.3 Å². The Kier molecular flexibility index (Phi) is 4.63. The maximum atomic E-state index is 13.7. The Morgan fingerprint density at radius 1 is 1.35 bits per heavy atom. The molecule has 124 valence electrons. The van der Waals surface area contributed by atoms with Crippen LogP contribution < -0.4 is 5.32 Å². The molecule has 0 spiro atoms. The summed E-state index contributed by atoms with van der Waals surface area (Å²) in [6, 6.07) is 3.41. The molecular formula is C15H16F2N2O4. The zero-order valence-corrected chi connectivity index (χ0v) is 12.9. The number of hydrogen-bond acceptors (Lipinski definition) is 5. The minimum absolute atomic E-state index is 0.00313. The van der Waals surface area contributed by atoms with Gasteiger partial charge in [-0.3, -0.25) is 4.79 Å². The highest BCUT2D eigenvalue weighted by molar-refractivity contribution is 6.04. The molecule has 0 bridgehead atoms. The molecule has 0 saturated heterocycles. The Hall–Kier alpha value is -2.51. The molecule has 1 atom stereocenters. The highest BCUT2D eigenvalue weighted by atomic mass is 19.1. The first-order chi connectivity index (χ1) is 10.8. The van der Waals surface area contributed by atoms with Crippen molar-refractivity contribution in [2.24, 2.45) is 5.16 Å². The number of oxime groups is 1. The summed E-state index contributed by atoms with van der Waals surface area (Å²) in [6.07, 6.45) is -1.19. The SMILES string of the molecule is COC(=O)C(C)(C)NC(=O)[C@@H]1CC(c2c(F)cccc2F)=NO1. The molecule has 1 heterocycles. The van der Waals surface area contributed by atoms with Crippen LogP contribution in [0.2, 0.25) is 0 Å². The van der Waals surface area contributed by atoms with Gasteiger partial charge in [-0.25, -0.2) is 13.6 Å². The molecule has 1 aromatic carbocycles. The van der Waals surface area contributed by atoms with E-state index in [9.17, 15) is 18.4 Å². The molecule has 1 aromatic rings. The predicted molar refractivity (Wildman–Crippen MR) is 76.6 cm³/mol. The van der Waals surface area contributed by atoms with E-state index in [0.717, 1.165) is 12.1 Å². The molecule has 1 N–H and O–H groups in total. The Labute approximate surface area is 131 Å². The second-order valence-corrected chi connectivity index (χ2v) is 5.54. The monoisotopic (exact) mass is 326 g/mol. The fourth-order valence-corrected chi connectivity index (χ4v) is 2.13. The van der Waals surface area contributed by atoms with E-state index in [1.54, 1.807) is 0 Å². The predicted octanol–water partition coefficient (Wildman–Crippen LogP) is 1.53. The first kappa shape index (κ1) is 16.9. The van der Waals surface area contributed by atoms with Gasteiger partial charge < -0.3 is 14.9 Å². The van der Waals surface area contributed by atoms with Crippen LogP contribution in [-0.2, 0) is 19.2 Å². The number of methoxy groups -OCH3 is 1. The number of nitrogens with zero attached hydrogens (tertiary/aromatic N) is 1. The zero-order chi connectivity index (χ0) is 17.2. The summed E-state index contributed by atoms with van der Waals surface area (Å²) in [5.41, 5.74) is -1.59. The van der Waals surface area contributed by atoms with Crippen molar-refractivity contribution >= 4 is 17.6 Å². The van der Waals surface area contributed by atoms with Gasteiger partial charge in [0.25, 0.3) is 5.91 Å². The van der Waals surface area contributed by atoms with Crippen LogP contribution in [0.3, 0.4) is 0 Å². The third kappa shape index (κ3) is 3.46. The van der Waals surface area contributed by atoms with Crippen molar-refractivity contribution in [1.29, 1.82) is 0 Å². The second-order valence-electron chi connectivity index (χ2n) is 5.54. The molecule has 0 fully saturated rings. The van der Waals surface area contributed by atoms with Crippen molar-refractivity contribution in [3.8, 4) is 0 Å². The van der Waals surface area contributed by atoms with Gasteiger partial charge in [-0.2, -0.15) is 0 Å². The lowest BCUT2D eigenvalue weighted by atomic mass is 10.0. The topological polar surface area (TPSA) is 77.0 Å². The second kappa shape index (κ2) is 6.31. The molecule has 1 aliphatic rings. The average Bonchev–Trinajstić information content (AvgIpc) is 2.95. The summed E-state index contributed by atoms with van der Waals surface area (Å²) >= 11 is 0. The Morgan fingerprint density at radius 2 is 1.96 bits per heavy atom. The number of carbonyl (C=O) groups is 2. The molecule has 0 radical (unpaired) electrons. The zero-order valence-electron chi connectivity index (χ0n) is 12.9. The maximum absolute atomic E-state index is 13.7. The number of ether oxygens (including phenoxy) is 1. The molecule has 0 saturated carbocycles. The first-order valence-electron chi connectivity index (χ1n) is 6.83. The van der Waals surface area contributed by atoms with Gasteiger partial charge >= 0.3 is 5.97 Å². The Bertz CT molecular complexity index is 653. The van der Waals surface area contributed by atoms with E-state index < -0.39 is 35.2 Å². The molecule has 2 rings (SSSR count). The minimum Gasteiger partial charge on any atom is -0.467 e. The molecule has 0 unspecified atom stereocenters. The number of nitrogens with one attached hydrogen (secondary N) is 1. The average molecular weight is 326 g/mol. The first-order valence-corrected chi connectivity index (χ1v) is 6.83. The van der Waals surface area contributed by atoms with Crippen LogP contribution in [0.25, 0.3) is 0 Å². The molecule has 1 amide bonds. The summed E-state index contributed by atoms with van der Waals surface area (Å²) < 4.78 is 32.0. The number of hydrogen-bond donors (Lipinski definition) is 1. The lowest BCUT2D eigenvalue weighted by Gasteiger charge is -2.24. The standard InChI is InChI=1S/C15H16F2N2O4/c1-15(2,14(21)22-3)18-13(20)11-7-10(19-23-11)12-8(16)5-4-6-9(12)17/h4-6,11H,7H2,1-3H3,(H,18,20)/t11-/m0/s1. The van der Waals surface area contributed by atoms with Crippen LogP contribution in [0.4, 0.5) is 8.78 Å². The van der Waals surface area contributed by atoms with Crippen LogP contribution in [0.1, 0.15) is 25.8 Å². The highest BCUT2D eigenvalue weighted by Gasteiger charge is 2.37. The van der Waals surface area contributed by atoms with E-state index in [0.29, 0.717) is 0 Å². The van der Waals surface area contributed by atoms with E-state index >= 15 is 0 Å². The lowest BCUT2D eigenvalue weighted by Crippen LogP contribution is -2.53. The number of esters is 1. The quantitative estimate of drug-likeness (QED) is 0.851. The number of carbonyl (C=O) groups excluding carboxylic acids is 2. The van der Waals surface area contributed by atoms with E-state index in [4.69, 9.17) is 4.84 Å². The van der Waals surface area contributed by atoms with Gasteiger partial charge in [0.1, 0.15) is 17.2 Å². The number of benzene rings is 1. The molecule has 0 aliphatic carbocycles. The van der Waals surface area contributed by atoms with Crippen LogP contribution in [0, 0.1) is 11.6 Å². The van der Waals surface area contributed by atoms with Gasteiger partial charge in [-0.15, -0.1) is 0 Å². The highest BCUT2D eigenvalue weighted by Crippen LogP contribution is 2.22. The van der Waals surface area contributed by atoms with Gasteiger partial charge in [0.15, 0.2) is 0 Å². The fourth-order valence-electron chi connectivity index (χ4n) is 2.13. The summed E-state index contributed by atoms with van der Waals surface area (Å²) in [5, 5.41) is 6.04. The van der Waals surface area contributed by atoms with Gasteiger partial charge in [0, 0.05) is 6.42 Å².